The van der Waals surface area contributed by atoms with Crippen molar-refractivity contribution in [1.29, 1.82) is 0 Å². The Morgan fingerprint density at radius 1 is 0.750 bits per heavy atom. The van der Waals surface area contributed by atoms with Crippen molar-refractivity contribution in [3.05, 3.63) is 24.3 Å². The minimum Gasteiger partial charge on any atom is -0.197 e. The summed E-state index contributed by atoms with van der Waals surface area (Å²) in [6.45, 7) is 0. The Bertz CT molecular complexity index is 509. The maximum Gasteiger partial charge on any atom is 0.312 e. The molecular formula is C6H8N2O6S2. The maximum atomic E-state index is 11.1. The van der Waals surface area contributed by atoms with Gasteiger partial charge in [0.1, 0.15) is 0 Å². The Morgan fingerprint density at radius 3 is 1.19 bits per heavy atom. The fourth-order valence-corrected chi connectivity index (χ4v) is 2.05. The van der Waals surface area contributed by atoms with Gasteiger partial charge in [-0.15, -0.1) is 0 Å². The molecule has 0 aliphatic rings. The van der Waals surface area contributed by atoms with Crippen LogP contribution < -0.4 is 11.8 Å². The Labute approximate surface area is 91.9 Å². The molecule has 4 N–H and O–H groups in total. The Morgan fingerprint density at radius 2 is 1.00 bits per heavy atom. The molecule has 1 rings (SSSR count). The second-order valence-corrected chi connectivity index (χ2v) is 5.72. The normalized spacial score (nSPS) is 12.6. The number of nitrogens with two attached hydrogens (primary N) is 2. The fraction of sp³-hybridized carbons (Fsp3) is 0. The van der Waals surface area contributed by atoms with E-state index in [0.717, 1.165) is 24.3 Å². The van der Waals surface area contributed by atoms with Crippen molar-refractivity contribution in [1.82, 2.24) is 0 Å². The van der Waals surface area contributed by atoms with Crippen molar-refractivity contribution in [3.8, 4) is 0 Å². The van der Waals surface area contributed by atoms with Crippen LogP contribution >= 0.6 is 0 Å². The molecule has 8 nitrogen and oxygen atoms in total. The van der Waals surface area contributed by atoms with Crippen LogP contribution in [0, 0.1) is 0 Å². The summed E-state index contributed by atoms with van der Waals surface area (Å²) in [4.78, 5) is -0.572. The molecule has 0 atom stereocenters. The summed E-state index contributed by atoms with van der Waals surface area (Å²) in [5, 5.41) is 0. The van der Waals surface area contributed by atoms with E-state index in [-0.39, 0.29) is 9.79 Å². The van der Waals surface area contributed by atoms with E-state index in [1.165, 1.54) is 0 Å². The number of hydrogen-bond acceptors (Lipinski definition) is 8. The lowest BCUT2D eigenvalue weighted by atomic mass is 10.4. The Balaban J connectivity index is 3.21. The lowest BCUT2D eigenvalue weighted by Gasteiger charge is -2.02. The molecule has 1 aromatic carbocycles. The van der Waals surface area contributed by atoms with Crippen LogP contribution in [0.15, 0.2) is 34.1 Å². The van der Waals surface area contributed by atoms with Crippen LogP contribution in [0.5, 0.6) is 0 Å². The summed E-state index contributed by atoms with van der Waals surface area (Å²) in [5.41, 5.74) is 0. The summed E-state index contributed by atoms with van der Waals surface area (Å²) < 4.78 is 51.8. The van der Waals surface area contributed by atoms with E-state index in [1.54, 1.807) is 0 Å². The number of benzene rings is 1. The minimum absolute atomic E-state index is 0.286. The molecule has 0 saturated carbocycles. The summed E-state index contributed by atoms with van der Waals surface area (Å²) in [6.07, 6.45) is 0. The van der Waals surface area contributed by atoms with Gasteiger partial charge in [0.25, 0.3) is 0 Å². The van der Waals surface area contributed by atoms with E-state index in [9.17, 15) is 16.8 Å². The quantitative estimate of drug-likeness (QED) is 0.652. The summed E-state index contributed by atoms with van der Waals surface area (Å²) >= 11 is 0. The molecular weight excluding hydrogens is 260 g/mol. The molecule has 0 aliphatic carbocycles. The van der Waals surface area contributed by atoms with E-state index >= 15 is 0 Å². The van der Waals surface area contributed by atoms with Crippen LogP contribution in [-0.2, 0) is 28.8 Å². The molecule has 0 radical (unpaired) electrons. The van der Waals surface area contributed by atoms with E-state index < -0.39 is 20.2 Å². The highest BCUT2D eigenvalue weighted by Gasteiger charge is 2.17. The highest BCUT2D eigenvalue weighted by atomic mass is 32.2. The molecule has 1 aromatic rings. The molecule has 90 valence electrons. The van der Waals surface area contributed by atoms with Crippen molar-refractivity contribution >= 4 is 20.2 Å². The third kappa shape index (κ3) is 2.55. The monoisotopic (exact) mass is 268 g/mol. The summed E-state index contributed by atoms with van der Waals surface area (Å²) in [5.74, 6) is 9.07. The van der Waals surface area contributed by atoms with Crippen LogP contribution in [0.4, 0.5) is 0 Å². The lowest BCUT2D eigenvalue weighted by Crippen LogP contribution is -2.13. The lowest BCUT2D eigenvalue weighted by molar-refractivity contribution is 0.331. The van der Waals surface area contributed by atoms with Gasteiger partial charge in [0, 0.05) is 0 Å². The van der Waals surface area contributed by atoms with Gasteiger partial charge < -0.3 is 0 Å². The third-order valence-corrected chi connectivity index (χ3v) is 3.86. The van der Waals surface area contributed by atoms with Gasteiger partial charge in [-0.2, -0.15) is 37.2 Å². The zero-order valence-corrected chi connectivity index (χ0v) is 9.36. The second kappa shape index (κ2) is 4.45. The molecule has 0 saturated heterocycles. The number of rotatable bonds is 4. The van der Waals surface area contributed by atoms with Crippen LogP contribution in [0.1, 0.15) is 0 Å². The van der Waals surface area contributed by atoms with Gasteiger partial charge in [0.05, 0.1) is 9.79 Å². The molecule has 0 spiro atoms. The zero-order valence-electron chi connectivity index (χ0n) is 7.73. The highest BCUT2D eigenvalue weighted by molar-refractivity contribution is 7.87. The average molecular weight is 268 g/mol. The second-order valence-electron chi connectivity index (χ2n) is 2.57. The standard InChI is InChI=1S/C6H8N2O6S2/c7-13-15(9,10)5-1-2-6(4-3-5)16(11,12)14-8/h1-4H,7-8H2. The molecule has 0 fully saturated rings. The molecule has 0 amide bonds. The van der Waals surface area contributed by atoms with Gasteiger partial charge in [-0.25, -0.2) is 0 Å². The topological polar surface area (TPSA) is 139 Å². The van der Waals surface area contributed by atoms with Gasteiger partial charge in [-0.05, 0) is 24.3 Å². The first-order valence-electron chi connectivity index (χ1n) is 3.70. The highest BCUT2D eigenvalue weighted by Crippen LogP contribution is 2.16. The minimum atomic E-state index is -4.06. The third-order valence-electron chi connectivity index (χ3n) is 1.65. The van der Waals surface area contributed by atoms with E-state index in [2.05, 4.69) is 20.4 Å². The van der Waals surface area contributed by atoms with Crippen LogP contribution in [0.2, 0.25) is 0 Å². The number of hydrogen-bond donors (Lipinski definition) is 2. The van der Waals surface area contributed by atoms with Crippen molar-refractivity contribution in [3.63, 3.8) is 0 Å². The first-order chi connectivity index (χ1) is 7.33. The van der Waals surface area contributed by atoms with Crippen molar-refractivity contribution in [2.75, 3.05) is 0 Å². The van der Waals surface area contributed by atoms with Gasteiger partial charge in [-0.1, -0.05) is 0 Å². The molecule has 0 bridgehead atoms. The fourth-order valence-electron chi connectivity index (χ4n) is 0.884. The van der Waals surface area contributed by atoms with Crippen molar-refractivity contribution < 1.29 is 25.4 Å². The van der Waals surface area contributed by atoms with Gasteiger partial charge >= 0.3 is 20.2 Å². The van der Waals surface area contributed by atoms with Gasteiger partial charge in [0.2, 0.25) is 0 Å². The SMILES string of the molecule is NOS(=O)(=O)c1ccc(S(=O)(=O)ON)cc1. The largest absolute Gasteiger partial charge is 0.312 e. The summed E-state index contributed by atoms with van der Waals surface area (Å²) in [6, 6.07) is 3.98. The summed E-state index contributed by atoms with van der Waals surface area (Å²) in [7, 11) is -8.11. The van der Waals surface area contributed by atoms with Crippen LogP contribution in [0.25, 0.3) is 0 Å². The van der Waals surface area contributed by atoms with Crippen molar-refractivity contribution in [2.24, 2.45) is 11.8 Å². The Kier molecular flexibility index (Phi) is 3.62. The predicted octanol–water partition coefficient (Wildman–Crippen LogP) is -1.16. The first kappa shape index (κ1) is 13.0. The maximum absolute atomic E-state index is 11.1. The van der Waals surface area contributed by atoms with E-state index in [1.807, 2.05) is 0 Å². The van der Waals surface area contributed by atoms with Crippen LogP contribution in [-0.4, -0.2) is 16.8 Å². The molecule has 0 heterocycles. The van der Waals surface area contributed by atoms with E-state index in [4.69, 9.17) is 0 Å². The molecule has 0 unspecified atom stereocenters. The van der Waals surface area contributed by atoms with Gasteiger partial charge in [-0.3, -0.25) is 0 Å². The predicted molar refractivity (Wildman–Crippen MR) is 51.4 cm³/mol. The van der Waals surface area contributed by atoms with Crippen LogP contribution in [0.3, 0.4) is 0 Å². The molecule has 0 aliphatic heterocycles. The van der Waals surface area contributed by atoms with Gasteiger partial charge in [0.15, 0.2) is 0 Å². The average Bonchev–Trinajstić information content (AvgIpc) is 2.29. The molecule has 0 aromatic heterocycles. The smallest absolute Gasteiger partial charge is 0.197 e. The molecule has 10 heteroatoms. The van der Waals surface area contributed by atoms with Crippen molar-refractivity contribution in [2.45, 2.75) is 9.79 Å². The van der Waals surface area contributed by atoms with E-state index in [0.29, 0.717) is 0 Å². The molecule has 16 heavy (non-hydrogen) atoms. The first-order valence-corrected chi connectivity index (χ1v) is 6.52. The zero-order chi connectivity index (χ0) is 12.4. The Hall–Kier alpha value is -1.04.